The number of hydrogen-bond acceptors (Lipinski definition) is 3. The molecule has 3 nitrogen and oxygen atoms in total. The number of benzene rings is 8. The van der Waals surface area contributed by atoms with Crippen molar-refractivity contribution in [2.45, 2.75) is 32.1 Å². The fourth-order valence-corrected chi connectivity index (χ4v) is 9.71. The molecule has 10 aromatic rings. The molecule has 8 aromatic carbocycles. The molecular formula is C55H41NO2. The van der Waals surface area contributed by atoms with Crippen molar-refractivity contribution < 1.29 is 8.83 Å². The fourth-order valence-electron chi connectivity index (χ4n) is 9.71. The summed E-state index contributed by atoms with van der Waals surface area (Å²) in [5.74, 6) is 1.44. The molecular weight excluding hydrogens is 707 g/mol. The number of anilines is 3. The van der Waals surface area contributed by atoms with Crippen molar-refractivity contribution >= 4 is 73.1 Å². The summed E-state index contributed by atoms with van der Waals surface area (Å²) < 4.78 is 13.1. The van der Waals surface area contributed by atoms with E-state index in [-0.39, 0.29) is 5.41 Å². The van der Waals surface area contributed by atoms with Gasteiger partial charge >= 0.3 is 0 Å². The summed E-state index contributed by atoms with van der Waals surface area (Å²) in [4.78, 5) is 2.13. The van der Waals surface area contributed by atoms with Crippen LogP contribution in [0, 0.1) is 0 Å². The Labute approximate surface area is 338 Å². The van der Waals surface area contributed by atoms with Crippen LogP contribution in [0.4, 0.5) is 17.5 Å². The Kier molecular flexibility index (Phi) is 7.97. The Morgan fingerprint density at radius 1 is 0.483 bits per heavy atom. The molecule has 0 aliphatic heterocycles. The van der Waals surface area contributed by atoms with Crippen LogP contribution in [0.1, 0.15) is 48.9 Å². The van der Waals surface area contributed by atoms with Crippen LogP contribution >= 0.6 is 0 Å². The summed E-state index contributed by atoms with van der Waals surface area (Å²) in [5.41, 5.74) is 12.8. The first kappa shape index (κ1) is 34.2. The maximum Gasteiger partial charge on any atom is 0.208 e. The monoisotopic (exact) mass is 747 g/mol. The molecule has 0 spiro atoms. The number of para-hydroxylation sites is 2. The molecule has 0 saturated heterocycles. The zero-order valence-electron chi connectivity index (χ0n) is 32.6. The second kappa shape index (κ2) is 13.5. The number of fused-ring (bicyclic) bond motifs is 8. The molecule has 1 aliphatic rings. The van der Waals surface area contributed by atoms with E-state index in [2.05, 4.69) is 170 Å². The number of nitrogens with zero attached hydrogens (tertiary/aromatic N) is 1. The van der Waals surface area contributed by atoms with Gasteiger partial charge in [-0.3, -0.25) is 4.90 Å². The third-order valence-corrected chi connectivity index (χ3v) is 12.6. The van der Waals surface area contributed by atoms with Gasteiger partial charge in [0.25, 0.3) is 0 Å². The van der Waals surface area contributed by atoms with Crippen LogP contribution in [0.2, 0.25) is 0 Å². The molecule has 0 radical (unpaired) electrons. The van der Waals surface area contributed by atoms with Crippen molar-refractivity contribution in [3.05, 3.63) is 198 Å². The number of rotatable bonds is 8. The van der Waals surface area contributed by atoms with E-state index >= 15 is 0 Å². The van der Waals surface area contributed by atoms with Crippen molar-refractivity contribution in [1.82, 2.24) is 0 Å². The van der Waals surface area contributed by atoms with Crippen LogP contribution in [0.15, 0.2) is 185 Å². The van der Waals surface area contributed by atoms with Crippen molar-refractivity contribution in [1.29, 1.82) is 0 Å². The quantitative estimate of drug-likeness (QED) is 0.114. The summed E-state index contributed by atoms with van der Waals surface area (Å²) >= 11 is 0. The fraction of sp³-hybridized carbons (Fsp3) is 0.0909. The molecule has 2 aromatic heterocycles. The number of hydrogen-bond donors (Lipinski definition) is 0. The highest BCUT2D eigenvalue weighted by molar-refractivity contribution is 6.18. The zero-order valence-corrected chi connectivity index (χ0v) is 32.6. The average molecular weight is 748 g/mol. The van der Waals surface area contributed by atoms with Crippen LogP contribution in [0.3, 0.4) is 0 Å². The van der Waals surface area contributed by atoms with Gasteiger partial charge in [0.2, 0.25) is 11.8 Å². The van der Waals surface area contributed by atoms with Crippen LogP contribution in [0.25, 0.3) is 77.9 Å². The van der Waals surface area contributed by atoms with Crippen LogP contribution in [0.5, 0.6) is 0 Å². The van der Waals surface area contributed by atoms with Crippen molar-refractivity contribution in [2.75, 3.05) is 4.90 Å². The van der Waals surface area contributed by atoms with Gasteiger partial charge in [0.05, 0.1) is 5.69 Å². The van der Waals surface area contributed by atoms with E-state index in [1.807, 2.05) is 36.4 Å². The smallest absolute Gasteiger partial charge is 0.208 e. The molecule has 1 aliphatic carbocycles. The Bertz CT molecular complexity index is 3070. The van der Waals surface area contributed by atoms with E-state index in [1.54, 1.807) is 0 Å². The van der Waals surface area contributed by atoms with E-state index in [0.29, 0.717) is 0 Å². The minimum atomic E-state index is -0.164. The van der Waals surface area contributed by atoms with E-state index < -0.39 is 0 Å². The number of furan rings is 2. The van der Waals surface area contributed by atoms with Crippen molar-refractivity contribution in [2.24, 2.45) is 0 Å². The van der Waals surface area contributed by atoms with Crippen LogP contribution in [-0.4, -0.2) is 0 Å². The summed E-state index contributed by atoms with van der Waals surface area (Å²) in [7, 11) is 0. The van der Waals surface area contributed by atoms with Gasteiger partial charge in [0.15, 0.2) is 0 Å². The van der Waals surface area contributed by atoms with Gasteiger partial charge in [-0.05, 0) is 103 Å². The molecule has 0 fully saturated rings. The van der Waals surface area contributed by atoms with Gasteiger partial charge in [-0.15, -0.1) is 0 Å². The predicted octanol–water partition coefficient (Wildman–Crippen LogP) is 15.9. The minimum Gasteiger partial charge on any atom is -0.440 e. The van der Waals surface area contributed by atoms with E-state index in [1.165, 1.54) is 66.1 Å². The van der Waals surface area contributed by atoms with Crippen LogP contribution in [-0.2, 0) is 5.41 Å². The third-order valence-electron chi connectivity index (χ3n) is 12.6. The van der Waals surface area contributed by atoms with Gasteiger partial charge in [0.1, 0.15) is 11.2 Å². The summed E-state index contributed by atoms with van der Waals surface area (Å²) in [6.45, 7) is 4.67. The topological polar surface area (TPSA) is 29.5 Å². The highest BCUT2D eigenvalue weighted by Gasteiger charge is 2.41. The molecule has 0 atom stereocenters. The summed E-state index contributed by atoms with van der Waals surface area (Å²) in [6.07, 6.45) is 6.61. The largest absolute Gasteiger partial charge is 0.440 e. The molecule has 0 bridgehead atoms. The Balaban J connectivity index is 1.04. The Morgan fingerprint density at radius 3 is 1.66 bits per heavy atom. The summed E-state index contributed by atoms with van der Waals surface area (Å²) in [5, 5.41) is 7.18. The lowest BCUT2D eigenvalue weighted by Gasteiger charge is -2.31. The van der Waals surface area contributed by atoms with Gasteiger partial charge < -0.3 is 8.83 Å². The first-order valence-corrected chi connectivity index (χ1v) is 20.4. The predicted molar refractivity (Wildman–Crippen MR) is 243 cm³/mol. The second-order valence-electron chi connectivity index (χ2n) is 15.5. The third kappa shape index (κ3) is 5.27. The van der Waals surface area contributed by atoms with Crippen molar-refractivity contribution in [3.63, 3.8) is 0 Å². The highest BCUT2D eigenvalue weighted by Crippen LogP contribution is 2.55. The van der Waals surface area contributed by atoms with E-state index in [9.17, 15) is 0 Å². The van der Waals surface area contributed by atoms with Crippen LogP contribution < -0.4 is 4.90 Å². The lowest BCUT2D eigenvalue weighted by atomic mass is 9.73. The molecule has 3 heteroatoms. The molecule has 278 valence electrons. The maximum atomic E-state index is 6.55. The lowest BCUT2D eigenvalue weighted by molar-refractivity contribution is 0.490. The van der Waals surface area contributed by atoms with E-state index in [0.717, 1.165) is 52.2 Å². The first-order valence-electron chi connectivity index (χ1n) is 20.4. The Morgan fingerprint density at radius 2 is 1.02 bits per heavy atom. The lowest BCUT2D eigenvalue weighted by Crippen LogP contribution is -2.23. The van der Waals surface area contributed by atoms with Gasteiger partial charge in [-0.25, -0.2) is 0 Å². The average Bonchev–Trinajstić information content (AvgIpc) is 3.98. The highest BCUT2D eigenvalue weighted by atomic mass is 16.4. The Hall–Kier alpha value is -7.10. The molecule has 0 saturated carbocycles. The van der Waals surface area contributed by atoms with Gasteiger partial charge in [0, 0.05) is 28.3 Å². The maximum absolute atomic E-state index is 6.55. The molecule has 11 rings (SSSR count). The minimum absolute atomic E-state index is 0.164. The zero-order chi connectivity index (χ0) is 38.8. The molecule has 2 heterocycles. The standard InChI is InChI=1S/C55H41NO2/c1-3-55(4-2)48-32-36(27-30-47-43-22-11-10-20-41(43)42-21-12-13-23-46(42)54(47)37-16-6-5-7-17-37)26-29-44(48)45-31-28-40(35-49(45)55)56(52-33-38-18-8-14-24-50(38)57-52)53-34-39-19-9-15-25-51(39)58-53/h5-35H,3-4H2,1-2H3/b30-27+. The summed E-state index contributed by atoms with van der Waals surface area (Å²) in [6, 6.07) is 63.0. The molecule has 0 unspecified atom stereocenters. The van der Waals surface area contributed by atoms with Crippen molar-refractivity contribution in [3.8, 4) is 22.3 Å². The van der Waals surface area contributed by atoms with E-state index in [4.69, 9.17) is 8.83 Å². The first-order chi connectivity index (χ1) is 28.6. The molecule has 0 N–H and O–H groups in total. The molecule has 0 amide bonds. The second-order valence-corrected chi connectivity index (χ2v) is 15.5. The van der Waals surface area contributed by atoms with Gasteiger partial charge in [-0.1, -0.05) is 166 Å². The van der Waals surface area contributed by atoms with Gasteiger partial charge in [-0.2, -0.15) is 0 Å². The SMILES string of the molecule is CCC1(CC)c2cc(/C=C/c3c(-c4ccccc4)c4ccccc4c4ccccc34)ccc2-c2ccc(N(c3cc4ccccc4o3)c3cc4ccccc4o3)cc21. The normalized spacial score (nSPS) is 13.2. The molecule has 58 heavy (non-hydrogen) atoms.